The van der Waals surface area contributed by atoms with E-state index in [1.54, 1.807) is 11.8 Å². The van der Waals surface area contributed by atoms with E-state index in [0.717, 1.165) is 24.3 Å². The number of hydrogen-bond acceptors (Lipinski definition) is 2. The van der Waals surface area contributed by atoms with Gasteiger partial charge in [-0.1, -0.05) is 0 Å². The van der Waals surface area contributed by atoms with E-state index >= 15 is 0 Å². The van der Waals surface area contributed by atoms with Crippen molar-refractivity contribution in [2.75, 3.05) is 18.6 Å². The van der Waals surface area contributed by atoms with E-state index < -0.39 is 11.6 Å². The monoisotopic (exact) mass is 296 g/mol. The van der Waals surface area contributed by atoms with E-state index in [1.165, 1.54) is 0 Å². The molecule has 0 unspecified atom stereocenters. The van der Waals surface area contributed by atoms with Gasteiger partial charge in [-0.25, -0.2) is 8.78 Å². The zero-order valence-electron chi connectivity index (χ0n) is 8.23. The highest BCUT2D eigenvalue weighted by Crippen LogP contribution is 2.25. The second-order valence-corrected chi connectivity index (χ2v) is 4.73. The van der Waals surface area contributed by atoms with Gasteiger partial charge in [0.05, 0.1) is 11.1 Å². The normalized spacial score (nSPS) is 10.4. The van der Waals surface area contributed by atoms with Crippen LogP contribution in [0.1, 0.15) is 6.42 Å². The van der Waals surface area contributed by atoms with Crippen LogP contribution in [0.2, 0.25) is 0 Å². The third-order valence-electron chi connectivity index (χ3n) is 1.73. The van der Waals surface area contributed by atoms with Crippen LogP contribution in [0, 0.1) is 11.6 Å². The van der Waals surface area contributed by atoms with Crippen LogP contribution in [0.15, 0.2) is 16.6 Å². The Labute approximate surface area is 100 Å². The lowest BCUT2D eigenvalue weighted by molar-refractivity contribution is 0.300. The van der Waals surface area contributed by atoms with Crippen LogP contribution in [0.3, 0.4) is 0 Å². The molecule has 1 nitrogen and oxygen atoms in total. The second-order valence-electron chi connectivity index (χ2n) is 2.89. The summed E-state index contributed by atoms with van der Waals surface area (Å²) < 4.78 is 31.5. The number of thioether (sulfide) groups is 1. The predicted octanol–water partition coefficient (Wildman–Crippen LogP) is 3.86. The molecule has 1 rings (SSSR count). The molecular formula is C10H11BrF2OS. The van der Waals surface area contributed by atoms with Gasteiger partial charge in [0, 0.05) is 6.07 Å². The third-order valence-corrected chi connectivity index (χ3v) is 3.03. The first-order valence-electron chi connectivity index (χ1n) is 4.41. The van der Waals surface area contributed by atoms with Gasteiger partial charge in [-0.2, -0.15) is 11.8 Å². The lowest BCUT2D eigenvalue weighted by Gasteiger charge is -2.07. The highest BCUT2D eigenvalue weighted by molar-refractivity contribution is 9.10. The van der Waals surface area contributed by atoms with Gasteiger partial charge in [-0.3, -0.25) is 0 Å². The second kappa shape index (κ2) is 6.33. The van der Waals surface area contributed by atoms with Crippen molar-refractivity contribution >= 4 is 27.7 Å². The molecule has 0 N–H and O–H groups in total. The van der Waals surface area contributed by atoms with Crippen LogP contribution >= 0.6 is 27.7 Å². The number of hydrogen-bond donors (Lipinski definition) is 0. The number of halogens is 3. The Morgan fingerprint density at radius 1 is 1.33 bits per heavy atom. The number of benzene rings is 1. The fourth-order valence-corrected chi connectivity index (χ4v) is 1.72. The number of ether oxygens (including phenoxy) is 1. The van der Waals surface area contributed by atoms with Crippen LogP contribution in [0.5, 0.6) is 5.75 Å². The Bertz CT molecular complexity index is 333. The quantitative estimate of drug-likeness (QED) is 0.603. The summed E-state index contributed by atoms with van der Waals surface area (Å²) in [6.07, 6.45) is 2.80. The molecule has 84 valence electrons. The Morgan fingerprint density at radius 3 is 2.73 bits per heavy atom. The van der Waals surface area contributed by atoms with Gasteiger partial charge in [0.1, 0.15) is 5.82 Å². The highest BCUT2D eigenvalue weighted by Gasteiger charge is 2.08. The Morgan fingerprint density at radius 2 is 2.07 bits per heavy atom. The molecule has 0 aliphatic carbocycles. The average Bonchev–Trinajstić information content (AvgIpc) is 2.20. The van der Waals surface area contributed by atoms with Gasteiger partial charge in [-0.05, 0) is 40.4 Å². The molecule has 0 spiro atoms. The predicted molar refractivity (Wildman–Crippen MR) is 62.6 cm³/mol. The molecule has 0 saturated heterocycles. The first-order valence-corrected chi connectivity index (χ1v) is 6.60. The summed E-state index contributed by atoms with van der Waals surface area (Å²) >= 11 is 4.59. The van der Waals surface area contributed by atoms with E-state index in [0.29, 0.717) is 6.61 Å². The minimum Gasteiger partial charge on any atom is -0.490 e. The average molecular weight is 297 g/mol. The molecule has 15 heavy (non-hydrogen) atoms. The van der Waals surface area contributed by atoms with Crippen molar-refractivity contribution in [2.45, 2.75) is 6.42 Å². The van der Waals surface area contributed by atoms with Crippen molar-refractivity contribution in [1.29, 1.82) is 0 Å². The van der Waals surface area contributed by atoms with Crippen molar-refractivity contribution in [2.24, 2.45) is 0 Å². The first kappa shape index (κ1) is 12.8. The topological polar surface area (TPSA) is 9.23 Å². The summed E-state index contributed by atoms with van der Waals surface area (Å²) in [5.41, 5.74) is 0. The fourth-order valence-electron chi connectivity index (χ4n) is 1.00. The molecular weight excluding hydrogens is 286 g/mol. The maximum absolute atomic E-state index is 13.2. The molecule has 5 heteroatoms. The van der Waals surface area contributed by atoms with Crippen molar-refractivity contribution in [3.8, 4) is 5.75 Å². The van der Waals surface area contributed by atoms with Gasteiger partial charge < -0.3 is 4.74 Å². The van der Waals surface area contributed by atoms with E-state index in [9.17, 15) is 8.78 Å². The molecule has 0 saturated carbocycles. The van der Waals surface area contributed by atoms with E-state index in [2.05, 4.69) is 15.9 Å². The minimum absolute atomic E-state index is 0.0307. The summed E-state index contributed by atoms with van der Waals surface area (Å²) in [6, 6.07) is 2.12. The van der Waals surface area contributed by atoms with Crippen LogP contribution in [-0.4, -0.2) is 18.6 Å². The maximum Gasteiger partial charge on any atom is 0.166 e. The summed E-state index contributed by atoms with van der Waals surface area (Å²) in [6.45, 7) is 0.402. The van der Waals surface area contributed by atoms with Crippen LogP contribution in [0.25, 0.3) is 0 Å². The molecule has 1 aromatic rings. The summed E-state index contributed by atoms with van der Waals surface area (Å²) in [5.74, 6) is -0.152. The lowest BCUT2D eigenvalue weighted by atomic mass is 10.3. The van der Waals surface area contributed by atoms with Gasteiger partial charge in [0.15, 0.2) is 11.6 Å². The first-order chi connectivity index (χ1) is 7.15. The third kappa shape index (κ3) is 3.99. The smallest absolute Gasteiger partial charge is 0.166 e. The van der Waals surface area contributed by atoms with Crippen molar-refractivity contribution in [3.63, 3.8) is 0 Å². The molecule has 1 aromatic carbocycles. The van der Waals surface area contributed by atoms with Crippen molar-refractivity contribution in [1.82, 2.24) is 0 Å². The Hall–Kier alpha value is -0.290. The molecule has 0 aliphatic rings. The standard InChI is InChI=1S/C10H11BrF2OS/c1-15-4-2-3-14-10-6-8(12)7(11)5-9(10)13/h5-6H,2-4H2,1H3. The molecule has 0 aromatic heterocycles. The zero-order chi connectivity index (χ0) is 11.3. The summed E-state index contributed by atoms with van der Waals surface area (Å²) in [5, 5.41) is 0. The van der Waals surface area contributed by atoms with E-state index in [1.807, 2.05) is 6.26 Å². The van der Waals surface area contributed by atoms with E-state index in [-0.39, 0.29) is 10.2 Å². The van der Waals surface area contributed by atoms with Gasteiger partial charge in [0.2, 0.25) is 0 Å². The Balaban J connectivity index is 2.57. The molecule has 0 atom stereocenters. The summed E-state index contributed by atoms with van der Waals surface area (Å²) in [4.78, 5) is 0. The Kier molecular flexibility index (Phi) is 5.39. The molecule has 0 heterocycles. The van der Waals surface area contributed by atoms with Crippen molar-refractivity contribution in [3.05, 3.63) is 28.2 Å². The van der Waals surface area contributed by atoms with Gasteiger partial charge in [0.25, 0.3) is 0 Å². The largest absolute Gasteiger partial charge is 0.490 e. The molecule has 0 bridgehead atoms. The van der Waals surface area contributed by atoms with Crippen molar-refractivity contribution < 1.29 is 13.5 Å². The summed E-state index contributed by atoms with van der Waals surface area (Å²) in [7, 11) is 0. The van der Waals surface area contributed by atoms with Gasteiger partial charge >= 0.3 is 0 Å². The molecule has 0 aliphatic heterocycles. The molecule has 0 radical (unpaired) electrons. The minimum atomic E-state index is -0.549. The SMILES string of the molecule is CSCCCOc1cc(F)c(Br)cc1F. The van der Waals surface area contributed by atoms with Crippen LogP contribution < -0.4 is 4.74 Å². The fraction of sp³-hybridized carbons (Fsp3) is 0.400. The highest BCUT2D eigenvalue weighted by atomic mass is 79.9. The lowest BCUT2D eigenvalue weighted by Crippen LogP contribution is -2.01. The number of rotatable bonds is 5. The molecule has 0 amide bonds. The van der Waals surface area contributed by atoms with Gasteiger partial charge in [-0.15, -0.1) is 0 Å². The maximum atomic E-state index is 13.2. The van der Waals surface area contributed by atoms with Crippen LogP contribution in [0.4, 0.5) is 8.78 Å². The zero-order valence-corrected chi connectivity index (χ0v) is 10.6. The van der Waals surface area contributed by atoms with E-state index in [4.69, 9.17) is 4.74 Å². The molecule has 0 fully saturated rings. The van der Waals surface area contributed by atoms with Crippen LogP contribution in [-0.2, 0) is 0 Å².